The molecule has 2 N–H and O–H groups in total. The van der Waals surface area contributed by atoms with E-state index in [4.69, 9.17) is 0 Å². The molecule has 0 unspecified atom stereocenters. The maximum absolute atomic E-state index is 12.7. The molecule has 28 heavy (non-hydrogen) atoms. The standard InChI is InChI=1S/C20H20F3N3O2/c21-20(22,23)16-3-1-4-17(11-16)25-19(28)24-12-14-6-8-15(9-7-14)13-26-10-2-5-18(26)27/h1,3-4,6-9,11H,2,5,10,12-13H2,(H2,24,25,28). The van der Waals surface area contributed by atoms with Gasteiger partial charge in [0.25, 0.3) is 0 Å². The molecule has 5 nitrogen and oxygen atoms in total. The van der Waals surface area contributed by atoms with Crippen LogP contribution in [0.1, 0.15) is 29.5 Å². The number of benzene rings is 2. The molecule has 1 aliphatic heterocycles. The Bertz CT molecular complexity index is 851. The molecular formula is C20H20F3N3O2. The van der Waals surface area contributed by atoms with Gasteiger partial charge in [0.05, 0.1) is 5.56 Å². The Morgan fingerprint density at radius 2 is 1.79 bits per heavy atom. The molecule has 1 aliphatic rings. The summed E-state index contributed by atoms with van der Waals surface area (Å²) in [4.78, 5) is 25.4. The maximum atomic E-state index is 12.7. The zero-order valence-electron chi connectivity index (χ0n) is 15.1. The van der Waals surface area contributed by atoms with Gasteiger partial charge in [-0.2, -0.15) is 13.2 Å². The van der Waals surface area contributed by atoms with Crippen molar-refractivity contribution in [2.75, 3.05) is 11.9 Å². The average Bonchev–Trinajstić information content (AvgIpc) is 3.05. The Hall–Kier alpha value is -3.03. The molecule has 3 rings (SSSR count). The van der Waals surface area contributed by atoms with Crippen molar-refractivity contribution in [3.05, 3.63) is 65.2 Å². The first-order valence-electron chi connectivity index (χ1n) is 8.89. The zero-order valence-corrected chi connectivity index (χ0v) is 15.1. The largest absolute Gasteiger partial charge is 0.416 e. The molecule has 0 bridgehead atoms. The molecule has 0 radical (unpaired) electrons. The lowest BCUT2D eigenvalue weighted by Gasteiger charge is -2.15. The van der Waals surface area contributed by atoms with Gasteiger partial charge < -0.3 is 15.5 Å². The fraction of sp³-hybridized carbons (Fsp3) is 0.300. The highest BCUT2D eigenvalue weighted by molar-refractivity contribution is 5.89. The number of rotatable bonds is 5. The van der Waals surface area contributed by atoms with E-state index in [9.17, 15) is 22.8 Å². The quantitative estimate of drug-likeness (QED) is 0.804. The molecule has 148 valence electrons. The second-order valence-corrected chi connectivity index (χ2v) is 6.62. The van der Waals surface area contributed by atoms with Gasteiger partial charge in [0.15, 0.2) is 0 Å². The number of anilines is 1. The lowest BCUT2D eigenvalue weighted by atomic mass is 10.1. The molecule has 1 saturated heterocycles. The summed E-state index contributed by atoms with van der Waals surface area (Å²) in [5.41, 5.74) is 1.10. The monoisotopic (exact) mass is 391 g/mol. The van der Waals surface area contributed by atoms with E-state index in [0.29, 0.717) is 13.0 Å². The van der Waals surface area contributed by atoms with Gasteiger partial charge in [-0.05, 0) is 35.7 Å². The predicted molar refractivity (Wildman–Crippen MR) is 98.4 cm³/mol. The summed E-state index contributed by atoms with van der Waals surface area (Å²) in [5.74, 6) is 0.164. The first-order valence-corrected chi connectivity index (χ1v) is 8.89. The Balaban J connectivity index is 1.50. The minimum atomic E-state index is -4.46. The number of likely N-dealkylation sites (tertiary alicyclic amines) is 1. The Kier molecular flexibility index (Phi) is 5.87. The Morgan fingerprint density at radius 3 is 2.43 bits per heavy atom. The van der Waals surface area contributed by atoms with Crippen molar-refractivity contribution in [3.63, 3.8) is 0 Å². The van der Waals surface area contributed by atoms with Gasteiger partial charge in [0.1, 0.15) is 0 Å². The number of hydrogen-bond acceptors (Lipinski definition) is 2. The van der Waals surface area contributed by atoms with Crippen molar-refractivity contribution in [1.29, 1.82) is 0 Å². The minimum absolute atomic E-state index is 0.0675. The summed E-state index contributed by atoms with van der Waals surface area (Å²) in [6.45, 7) is 1.58. The maximum Gasteiger partial charge on any atom is 0.416 e. The number of nitrogens with zero attached hydrogens (tertiary/aromatic N) is 1. The van der Waals surface area contributed by atoms with Gasteiger partial charge in [0, 0.05) is 31.7 Å². The molecule has 2 aromatic rings. The van der Waals surface area contributed by atoms with E-state index >= 15 is 0 Å². The highest BCUT2D eigenvalue weighted by Gasteiger charge is 2.30. The highest BCUT2D eigenvalue weighted by Crippen LogP contribution is 2.30. The smallest absolute Gasteiger partial charge is 0.338 e. The number of carbonyl (C=O) groups excluding carboxylic acids is 2. The van der Waals surface area contributed by atoms with E-state index in [2.05, 4.69) is 10.6 Å². The molecule has 0 saturated carbocycles. The number of halogens is 3. The van der Waals surface area contributed by atoms with Crippen LogP contribution >= 0.6 is 0 Å². The van der Waals surface area contributed by atoms with E-state index in [1.165, 1.54) is 12.1 Å². The van der Waals surface area contributed by atoms with Crippen molar-refractivity contribution < 1.29 is 22.8 Å². The summed E-state index contributed by atoms with van der Waals surface area (Å²) in [7, 11) is 0. The summed E-state index contributed by atoms with van der Waals surface area (Å²) in [5, 5.41) is 5.00. The minimum Gasteiger partial charge on any atom is -0.338 e. The van der Waals surface area contributed by atoms with Gasteiger partial charge in [-0.1, -0.05) is 30.3 Å². The van der Waals surface area contributed by atoms with Gasteiger partial charge >= 0.3 is 12.2 Å². The van der Waals surface area contributed by atoms with Crippen molar-refractivity contribution in [1.82, 2.24) is 10.2 Å². The van der Waals surface area contributed by atoms with Crippen LogP contribution in [0, 0.1) is 0 Å². The van der Waals surface area contributed by atoms with Crippen LogP contribution in [0.25, 0.3) is 0 Å². The lowest BCUT2D eigenvalue weighted by Crippen LogP contribution is -2.28. The molecule has 0 spiro atoms. The van der Waals surface area contributed by atoms with Gasteiger partial charge in [0.2, 0.25) is 5.91 Å². The first-order chi connectivity index (χ1) is 13.3. The van der Waals surface area contributed by atoms with E-state index in [0.717, 1.165) is 36.2 Å². The van der Waals surface area contributed by atoms with Gasteiger partial charge in [-0.15, -0.1) is 0 Å². The number of carbonyl (C=O) groups is 2. The molecule has 1 fully saturated rings. The summed E-state index contributed by atoms with van der Waals surface area (Å²) in [6.07, 6.45) is -2.97. The molecule has 3 amide bonds. The van der Waals surface area contributed by atoms with Crippen LogP contribution in [0.15, 0.2) is 48.5 Å². The van der Waals surface area contributed by atoms with Crippen LogP contribution in [0.5, 0.6) is 0 Å². The molecule has 0 aromatic heterocycles. The lowest BCUT2D eigenvalue weighted by molar-refractivity contribution is -0.137. The van der Waals surface area contributed by atoms with E-state index in [1.54, 1.807) is 0 Å². The number of alkyl halides is 3. The number of nitrogens with one attached hydrogen (secondary N) is 2. The Morgan fingerprint density at radius 1 is 1.07 bits per heavy atom. The Labute approximate surface area is 160 Å². The number of hydrogen-bond donors (Lipinski definition) is 2. The molecule has 1 heterocycles. The average molecular weight is 391 g/mol. The van der Waals surface area contributed by atoms with Crippen LogP contribution in [-0.4, -0.2) is 23.4 Å². The second-order valence-electron chi connectivity index (χ2n) is 6.62. The third-order valence-electron chi connectivity index (χ3n) is 4.47. The van der Waals surface area contributed by atoms with Crippen LogP contribution in [0.4, 0.5) is 23.7 Å². The van der Waals surface area contributed by atoms with Crippen LogP contribution < -0.4 is 10.6 Å². The summed E-state index contributed by atoms with van der Waals surface area (Å²) < 4.78 is 38.1. The molecular weight excluding hydrogens is 371 g/mol. The summed E-state index contributed by atoms with van der Waals surface area (Å²) >= 11 is 0. The van der Waals surface area contributed by atoms with Crippen molar-refractivity contribution in [3.8, 4) is 0 Å². The second kappa shape index (κ2) is 8.33. The topological polar surface area (TPSA) is 61.4 Å². The number of amides is 3. The summed E-state index contributed by atoms with van der Waals surface area (Å²) in [6, 6.07) is 11.4. The zero-order chi connectivity index (χ0) is 20.1. The van der Waals surface area contributed by atoms with Crippen LogP contribution in [-0.2, 0) is 24.1 Å². The molecule has 2 aromatic carbocycles. The fourth-order valence-electron chi connectivity index (χ4n) is 2.99. The highest BCUT2D eigenvalue weighted by atomic mass is 19.4. The molecule has 8 heteroatoms. The van der Waals surface area contributed by atoms with Crippen molar-refractivity contribution in [2.45, 2.75) is 32.1 Å². The van der Waals surface area contributed by atoms with Gasteiger partial charge in [-0.3, -0.25) is 4.79 Å². The normalized spacial score (nSPS) is 14.2. The van der Waals surface area contributed by atoms with Crippen LogP contribution in [0.2, 0.25) is 0 Å². The van der Waals surface area contributed by atoms with Gasteiger partial charge in [-0.25, -0.2) is 4.79 Å². The fourth-order valence-corrected chi connectivity index (χ4v) is 2.99. The first kappa shape index (κ1) is 19.7. The SMILES string of the molecule is O=C(NCc1ccc(CN2CCCC2=O)cc1)Nc1cccc(C(F)(F)F)c1. The predicted octanol–water partition coefficient (Wildman–Crippen LogP) is 4.15. The molecule has 0 atom stereocenters. The van der Waals surface area contributed by atoms with E-state index in [-0.39, 0.29) is 18.1 Å². The number of urea groups is 1. The molecule has 0 aliphatic carbocycles. The third kappa shape index (κ3) is 5.25. The third-order valence-corrected chi connectivity index (χ3v) is 4.47. The van der Waals surface area contributed by atoms with Crippen LogP contribution in [0.3, 0.4) is 0 Å². The van der Waals surface area contributed by atoms with E-state index < -0.39 is 17.8 Å². The van der Waals surface area contributed by atoms with Crippen molar-refractivity contribution >= 4 is 17.6 Å². The van der Waals surface area contributed by atoms with E-state index in [1.807, 2.05) is 29.2 Å². The van der Waals surface area contributed by atoms with Crippen molar-refractivity contribution in [2.24, 2.45) is 0 Å².